The van der Waals surface area contributed by atoms with E-state index in [2.05, 4.69) is 5.32 Å². The summed E-state index contributed by atoms with van der Waals surface area (Å²) in [6, 6.07) is 5.22. The predicted octanol–water partition coefficient (Wildman–Crippen LogP) is 3.22. The summed E-state index contributed by atoms with van der Waals surface area (Å²) in [7, 11) is 0. The average molecular weight is 286 g/mol. The molecule has 0 spiro atoms. The van der Waals surface area contributed by atoms with E-state index in [9.17, 15) is 18.0 Å². The van der Waals surface area contributed by atoms with Crippen LogP contribution < -0.4 is 5.32 Å². The fourth-order valence-corrected chi connectivity index (χ4v) is 2.45. The van der Waals surface area contributed by atoms with Crippen LogP contribution in [0.1, 0.15) is 30.4 Å². The molecular formula is C14H17F3N2O. The Morgan fingerprint density at radius 1 is 1.45 bits per heavy atom. The highest BCUT2D eigenvalue weighted by molar-refractivity contribution is 5.74. The van der Waals surface area contributed by atoms with Gasteiger partial charge < -0.3 is 10.2 Å². The first-order chi connectivity index (χ1) is 9.41. The molecule has 1 saturated heterocycles. The maximum atomic E-state index is 12.7. The normalized spacial score (nSPS) is 19.2. The van der Waals surface area contributed by atoms with Gasteiger partial charge in [-0.25, -0.2) is 4.79 Å². The van der Waals surface area contributed by atoms with Crippen LogP contribution in [0.15, 0.2) is 24.3 Å². The molecule has 0 aromatic heterocycles. The van der Waals surface area contributed by atoms with Crippen molar-refractivity contribution in [3.8, 4) is 0 Å². The van der Waals surface area contributed by atoms with Crippen LogP contribution in [-0.4, -0.2) is 30.6 Å². The van der Waals surface area contributed by atoms with E-state index in [-0.39, 0.29) is 11.9 Å². The minimum absolute atomic E-state index is 0.0279. The minimum atomic E-state index is -4.33. The van der Waals surface area contributed by atoms with Crippen LogP contribution >= 0.6 is 0 Å². The zero-order chi connectivity index (χ0) is 14.8. The van der Waals surface area contributed by atoms with Crippen molar-refractivity contribution >= 4 is 6.03 Å². The van der Waals surface area contributed by atoms with Crippen LogP contribution in [0.25, 0.3) is 0 Å². The topological polar surface area (TPSA) is 32.3 Å². The summed E-state index contributed by atoms with van der Waals surface area (Å²) in [5.74, 6) is -0.0279. The molecule has 1 aromatic rings. The van der Waals surface area contributed by atoms with Crippen LogP contribution in [0.2, 0.25) is 0 Å². The van der Waals surface area contributed by atoms with E-state index in [0.29, 0.717) is 31.6 Å². The van der Waals surface area contributed by atoms with Crippen molar-refractivity contribution in [1.29, 1.82) is 0 Å². The van der Waals surface area contributed by atoms with E-state index >= 15 is 0 Å². The molecule has 1 aliphatic rings. The quantitative estimate of drug-likeness (QED) is 0.889. The zero-order valence-electron chi connectivity index (χ0n) is 11.2. The Hall–Kier alpha value is -1.72. The summed E-state index contributed by atoms with van der Waals surface area (Å²) in [5.41, 5.74) is 0.0121. The first-order valence-electron chi connectivity index (χ1n) is 6.61. The van der Waals surface area contributed by atoms with E-state index in [4.69, 9.17) is 0 Å². The minimum Gasteiger partial charge on any atom is -0.338 e. The molecule has 0 bridgehead atoms. The van der Waals surface area contributed by atoms with Gasteiger partial charge in [-0.2, -0.15) is 13.2 Å². The van der Waals surface area contributed by atoms with Crippen LogP contribution in [0.5, 0.6) is 0 Å². The van der Waals surface area contributed by atoms with Crippen LogP contribution in [0, 0.1) is 0 Å². The summed E-state index contributed by atoms with van der Waals surface area (Å²) < 4.78 is 38.1. The summed E-state index contributed by atoms with van der Waals surface area (Å²) >= 11 is 0. The number of carbonyl (C=O) groups excluding carboxylic acids is 1. The maximum absolute atomic E-state index is 12.7. The lowest BCUT2D eigenvalue weighted by Gasteiger charge is -2.17. The van der Waals surface area contributed by atoms with Gasteiger partial charge in [-0.3, -0.25) is 0 Å². The monoisotopic (exact) mass is 286 g/mol. The number of halogens is 3. The molecular weight excluding hydrogens is 269 g/mol. The summed E-state index contributed by atoms with van der Waals surface area (Å²) in [6.07, 6.45) is -3.63. The van der Waals surface area contributed by atoms with Crippen LogP contribution in [0.4, 0.5) is 18.0 Å². The number of amides is 2. The van der Waals surface area contributed by atoms with Crippen LogP contribution in [-0.2, 0) is 6.18 Å². The van der Waals surface area contributed by atoms with Gasteiger partial charge in [-0.15, -0.1) is 0 Å². The predicted molar refractivity (Wildman–Crippen MR) is 69.4 cm³/mol. The standard InChI is InChI=1S/C14H17F3N2O/c1-2-18-13(20)19-7-6-11(9-19)10-4-3-5-12(8-10)14(15,16)17/h3-5,8,11H,2,6-7,9H2,1H3,(H,18,20). The second-order valence-corrected chi connectivity index (χ2v) is 4.89. The Labute approximate surface area is 115 Å². The van der Waals surface area contributed by atoms with E-state index in [1.807, 2.05) is 6.92 Å². The number of hydrogen-bond acceptors (Lipinski definition) is 1. The Balaban J connectivity index is 2.09. The first-order valence-corrected chi connectivity index (χ1v) is 6.61. The Morgan fingerprint density at radius 3 is 2.85 bits per heavy atom. The van der Waals surface area contributed by atoms with Gasteiger partial charge in [0, 0.05) is 25.6 Å². The molecule has 6 heteroatoms. The molecule has 20 heavy (non-hydrogen) atoms. The average Bonchev–Trinajstić information content (AvgIpc) is 2.88. The van der Waals surface area contributed by atoms with Crippen molar-refractivity contribution in [3.05, 3.63) is 35.4 Å². The molecule has 110 valence electrons. The highest BCUT2D eigenvalue weighted by atomic mass is 19.4. The lowest BCUT2D eigenvalue weighted by Crippen LogP contribution is -2.38. The number of hydrogen-bond donors (Lipinski definition) is 1. The molecule has 3 nitrogen and oxygen atoms in total. The SMILES string of the molecule is CCNC(=O)N1CCC(c2cccc(C(F)(F)F)c2)C1. The van der Waals surface area contributed by atoms with Gasteiger partial charge in [0.2, 0.25) is 0 Å². The highest BCUT2D eigenvalue weighted by Crippen LogP contribution is 2.33. The van der Waals surface area contributed by atoms with E-state index < -0.39 is 11.7 Å². The molecule has 2 amide bonds. The molecule has 1 N–H and O–H groups in total. The fourth-order valence-electron chi connectivity index (χ4n) is 2.45. The number of nitrogens with one attached hydrogen (secondary N) is 1. The molecule has 1 aliphatic heterocycles. The maximum Gasteiger partial charge on any atom is 0.416 e. The van der Waals surface area contributed by atoms with Gasteiger partial charge in [0.1, 0.15) is 0 Å². The molecule has 0 aliphatic carbocycles. The number of benzene rings is 1. The zero-order valence-corrected chi connectivity index (χ0v) is 11.2. The second-order valence-electron chi connectivity index (χ2n) is 4.89. The van der Waals surface area contributed by atoms with Gasteiger partial charge in [-0.1, -0.05) is 18.2 Å². The lowest BCUT2D eigenvalue weighted by molar-refractivity contribution is -0.137. The summed E-state index contributed by atoms with van der Waals surface area (Å²) in [4.78, 5) is 13.3. The molecule has 1 aromatic carbocycles. The van der Waals surface area contributed by atoms with Gasteiger partial charge in [0.05, 0.1) is 5.56 Å². The van der Waals surface area contributed by atoms with E-state index in [1.165, 1.54) is 12.1 Å². The Bertz CT molecular complexity index is 488. The Morgan fingerprint density at radius 2 is 2.20 bits per heavy atom. The highest BCUT2D eigenvalue weighted by Gasteiger charge is 2.32. The molecule has 1 fully saturated rings. The second kappa shape index (κ2) is 5.73. The molecule has 0 radical (unpaired) electrons. The number of urea groups is 1. The van der Waals surface area contributed by atoms with Gasteiger partial charge >= 0.3 is 12.2 Å². The van der Waals surface area contributed by atoms with Crippen molar-refractivity contribution < 1.29 is 18.0 Å². The van der Waals surface area contributed by atoms with Gasteiger partial charge in [-0.05, 0) is 25.0 Å². The van der Waals surface area contributed by atoms with Crippen molar-refractivity contribution in [3.63, 3.8) is 0 Å². The number of carbonyl (C=O) groups is 1. The van der Waals surface area contributed by atoms with Gasteiger partial charge in [0.15, 0.2) is 0 Å². The lowest BCUT2D eigenvalue weighted by atomic mass is 9.96. The third kappa shape index (κ3) is 3.23. The molecule has 1 unspecified atom stereocenters. The smallest absolute Gasteiger partial charge is 0.338 e. The third-order valence-electron chi connectivity index (χ3n) is 3.49. The van der Waals surface area contributed by atoms with E-state index in [0.717, 1.165) is 6.07 Å². The number of rotatable bonds is 2. The Kier molecular flexibility index (Phi) is 4.20. The number of nitrogens with zero attached hydrogens (tertiary/aromatic N) is 1. The molecule has 0 saturated carbocycles. The van der Waals surface area contributed by atoms with E-state index in [1.54, 1.807) is 11.0 Å². The first kappa shape index (κ1) is 14.7. The van der Waals surface area contributed by atoms with Crippen molar-refractivity contribution in [1.82, 2.24) is 10.2 Å². The van der Waals surface area contributed by atoms with Crippen molar-refractivity contribution in [2.75, 3.05) is 19.6 Å². The fraction of sp³-hybridized carbons (Fsp3) is 0.500. The molecule has 2 rings (SSSR count). The third-order valence-corrected chi connectivity index (χ3v) is 3.49. The number of likely N-dealkylation sites (tertiary alicyclic amines) is 1. The molecule has 1 heterocycles. The van der Waals surface area contributed by atoms with Gasteiger partial charge in [0.25, 0.3) is 0 Å². The largest absolute Gasteiger partial charge is 0.416 e. The van der Waals surface area contributed by atoms with Crippen molar-refractivity contribution in [2.24, 2.45) is 0 Å². The summed E-state index contributed by atoms with van der Waals surface area (Å²) in [6.45, 7) is 3.42. The van der Waals surface area contributed by atoms with Crippen molar-refractivity contribution in [2.45, 2.75) is 25.4 Å². The number of alkyl halides is 3. The molecule has 1 atom stereocenters. The van der Waals surface area contributed by atoms with Crippen LogP contribution in [0.3, 0.4) is 0 Å². The summed E-state index contributed by atoms with van der Waals surface area (Å²) in [5, 5.41) is 2.70.